The van der Waals surface area contributed by atoms with Crippen LogP contribution in [0.4, 0.5) is 5.69 Å². The summed E-state index contributed by atoms with van der Waals surface area (Å²) < 4.78 is 29.2. The summed E-state index contributed by atoms with van der Waals surface area (Å²) in [6.07, 6.45) is 3.88. The lowest BCUT2D eigenvalue weighted by molar-refractivity contribution is 0.501. The van der Waals surface area contributed by atoms with E-state index in [1.54, 1.807) is 13.1 Å². The van der Waals surface area contributed by atoms with E-state index in [1.807, 2.05) is 12.1 Å². The number of sulfonamides is 1. The van der Waals surface area contributed by atoms with Gasteiger partial charge in [-0.15, -0.1) is 0 Å². The van der Waals surface area contributed by atoms with E-state index in [9.17, 15) is 8.42 Å². The van der Waals surface area contributed by atoms with E-state index in [-0.39, 0.29) is 16.1 Å². The van der Waals surface area contributed by atoms with E-state index in [4.69, 9.17) is 17.3 Å². The molecule has 0 aliphatic heterocycles. The molecule has 1 unspecified atom stereocenters. The molecule has 1 aromatic carbocycles. The average molecular weight is 341 g/mol. The zero-order chi connectivity index (χ0) is 15.9. The van der Waals surface area contributed by atoms with Crippen LogP contribution in [0.3, 0.4) is 0 Å². The summed E-state index contributed by atoms with van der Waals surface area (Å²) in [5.41, 5.74) is 8.56. The van der Waals surface area contributed by atoms with Gasteiger partial charge in [0.25, 0.3) is 10.0 Å². The van der Waals surface area contributed by atoms with Gasteiger partial charge >= 0.3 is 0 Å². The van der Waals surface area contributed by atoms with Crippen molar-refractivity contribution in [2.24, 2.45) is 7.05 Å². The lowest BCUT2D eigenvalue weighted by atomic mass is 9.88. The van der Waals surface area contributed by atoms with Crippen LogP contribution >= 0.6 is 11.6 Å². The second-order valence-electron chi connectivity index (χ2n) is 5.45. The molecule has 0 bridgehead atoms. The molecule has 0 saturated carbocycles. The van der Waals surface area contributed by atoms with Crippen molar-refractivity contribution >= 4 is 27.3 Å². The number of fused-ring (bicyclic) bond motifs is 1. The number of halogens is 1. The Morgan fingerprint density at radius 3 is 2.91 bits per heavy atom. The van der Waals surface area contributed by atoms with Crippen molar-refractivity contribution in [3.63, 3.8) is 0 Å². The number of rotatable bonds is 3. The van der Waals surface area contributed by atoms with E-state index in [0.29, 0.717) is 5.69 Å². The molecule has 1 aliphatic carbocycles. The Labute approximate surface area is 134 Å². The highest BCUT2D eigenvalue weighted by molar-refractivity contribution is 7.89. The largest absolute Gasteiger partial charge is 0.399 e. The number of nitrogens with one attached hydrogen (secondary N) is 1. The summed E-state index contributed by atoms with van der Waals surface area (Å²) in [4.78, 5) is 0. The topological polar surface area (TPSA) is 90.0 Å². The maximum absolute atomic E-state index is 12.6. The van der Waals surface area contributed by atoms with Crippen LogP contribution in [-0.4, -0.2) is 18.2 Å². The molecule has 3 N–H and O–H groups in total. The molecular weight excluding hydrogens is 324 g/mol. The first-order chi connectivity index (χ1) is 10.4. The summed E-state index contributed by atoms with van der Waals surface area (Å²) in [5.74, 6) is 0. The van der Waals surface area contributed by atoms with Crippen molar-refractivity contribution in [2.75, 3.05) is 5.73 Å². The first-order valence-electron chi connectivity index (χ1n) is 6.96. The second kappa shape index (κ2) is 5.57. The van der Waals surface area contributed by atoms with E-state index >= 15 is 0 Å². The van der Waals surface area contributed by atoms with Crippen LogP contribution < -0.4 is 10.5 Å². The lowest BCUT2D eigenvalue weighted by Crippen LogP contribution is -2.32. The van der Waals surface area contributed by atoms with Gasteiger partial charge in [-0.3, -0.25) is 4.68 Å². The van der Waals surface area contributed by atoms with Gasteiger partial charge in [0.05, 0.1) is 11.2 Å². The van der Waals surface area contributed by atoms with Crippen molar-refractivity contribution in [3.05, 3.63) is 40.5 Å². The van der Waals surface area contributed by atoms with Gasteiger partial charge in [-0.25, -0.2) is 13.1 Å². The maximum atomic E-state index is 12.6. The highest BCUT2D eigenvalue weighted by Crippen LogP contribution is 2.32. The SMILES string of the molecule is Cn1ncc(Cl)c1S(=O)(=O)NC1CCCc2cc(N)ccc21. The third-order valence-electron chi connectivity index (χ3n) is 3.88. The van der Waals surface area contributed by atoms with Crippen LogP contribution in [0.5, 0.6) is 0 Å². The Hall–Kier alpha value is -1.57. The van der Waals surface area contributed by atoms with Gasteiger partial charge in [0.1, 0.15) is 0 Å². The van der Waals surface area contributed by atoms with Crippen LogP contribution in [0.2, 0.25) is 5.02 Å². The number of benzene rings is 1. The minimum atomic E-state index is -3.74. The molecule has 1 aromatic heterocycles. The van der Waals surface area contributed by atoms with Gasteiger partial charge in [0.2, 0.25) is 0 Å². The number of aryl methyl sites for hydroxylation is 2. The van der Waals surface area contributed by atoms with E-state index in [0.717, 1.165) is 30.4 Å². The number of nitrogens with zero attached hydrogens (tertiary/aromatic N) is 2. The summed E-state index contributed by atoms with van der Waals surface area (Å²) in [5, 5.41) is 3.98. The molecule has 0 amide bonds. The maximum Gasteiger partial charge on any atom is 0.259 e. The predicted molar refractivity (Wildman–Crippen MR) is 85.1 cm³/mol. The van der Waals surface area contributed by atoms with Crippen LogP contribution in [0.15, 0.2) is 29.4 Å². The molecule has 1 atom stereocenters. The zero-order valence-electron chi connectivity index (χ0n) is 12.1. The van der Waals surface area contributed by atoms with E-state index < -0.39 is 10.0 Å². The molecule has 0 spiro atoms. The molecule has 0 radical (unpaired) electrons. The van der Waals surface area contributed by atoms with Gasteiger partial charge in [-0.05, 0) is 42.5 Å². The Balaban J connectivity index is 1.95. The monoisotopic (exact) mass is 340 g/mol. The molecule has 0 fully saturated rings. The number of hydrogen-bond acceptors (Lipinski definition) is 4. The lowest BCUT2D eigenvalue weighted by Gasteiger charge is -2.26. The van der Waals surface area contributed by atoms with Crippen LogP contribution in [0.1, 0.15) is 30.0 Å². The van der Waals surface area contributed by atoms with E-state index in [1.165, 1.54) is 10.9 Å². The van der Waals surface area contributed by atoms with Crippen molar-refractivity contribution in [2.45, 2.75) is 30.3 Å². The van der Waals surface area contributed by atoms with Gasteiger partial charge in [0.15, 0.2) is 5.03 Å². The molecule has 1 aliphatic rings. The highest BCUT2D eigenvalue weighted by atomic mass is 35.5. The van der Waals surface area contributed by atoms with Crippen LogP contribution in [0, 0.1) is 0 Å². The van der Waals surface area contributed by atoms with Gasteiger partial charge in [-0.2, -0.15) is 5.10 Å². The third kappa shape index (κ3) is 2.71. The Morgan fingerprint density at radius 1 is 1.45 bits per heavy atom. The number of hydrogen-bond donors (Lipinski definition) is 2. The molecule has 3 rings (SSSR count). The minimum absolute atomic E-state index is 0.0169. The molecule has 22 heavy (non-hydrogen) atoms. The van der Waals surface area contributed by atoms with Crippen LogP contribution in [0.25, 0.3) is 0 Å². The summed E-state index contributed by atoms with van der Waals surface area (Å²) in [6, 6.07) is 5.32. The van der Waals surface area contributed by atoms with Crippen molar-refractivity contribution < 1.29 is 8.42 Å². The second-order valence-corrected chi connectivity index (χ2v) is 7.48. The molecule has 118 valence electrons. The summed E-state index contributed by atoms with van der Waals surface area (Å²) in [7, 11) is -2.19. The fourth-order valence-corrected chi connectivity index (χ4v) is 4.81. The fourth-order valence-electron chi connectivity index (χ4n) is 2.90. The van der Waals surface area contributed by atoms with Gasteiger partial charge in [-0.1, -0.05) is 17.7 Å². The molecule has 0 saturated heterocycles. The summed E-state index contributed by atoms with van der Waals surface area (Å²) >= 11 is 5.95. The molecule has 6 nitrogen and oxygen atoms in total. The first kappa shape index (κ1) is 15.3. The number of anilines is 1. The standard InChI is InChI=1S/C14H17ClN4O2S/c1-19-14(12(15)8-17-19)22(20,21)18-13-4-2-3-9-7-10(16)5-6-11(9)13/h5-8,13,18H,2-4,16H2,1H3. The Morgan fingerprint density at radius 2 is 2.23 bits per heavy atom. The molecular formula is C14H17ClN4O2S. The van der Waals surface area contributed by atoms with Crippen molar-refractivity contribution in [1.29, 1.82) is 0 Å². The van der Waals surface area contributed by atoms with E-state index in [2.05, 4.69) is 9.82 Å². The molecule has 2 aromatic rings. The smallest absolute Gasteiger partial charge is 0.259 e. The molecule has 8 heteroatoms. The quantitative estimate of drug-likeness (QED) is 0.836. The predicted octanol–water partition coefficient (Wildman–Crippen LogP) is 2.01. The minimum Gasteiger partial charge on any atom is -0.399 e. The Bertz CT molecular complexity index is 797. The van der Waals surface area contributed by atoms with Gasteiger partial charge < -0.3 is 5.73 Å². The highest BCUT2D eigenvalue weighted by Gasteiger charge is 2.29. The average Bonchev–Trinajstić information content (AvgIpc) is 2.78. The van der Waals surface area contributed by atoms with Crippen LogP contribution in [-0.2, 0) is 23.5 Å². The fraction of sp³-hybridized carbons (Fsp3) is 0.357. The third-order valence-corrected chi connectivity index (χ3v) is 5.85. The normalized spacial score (nSPS) is 18.2. The molecule has 1 heterocycles. The first-order valence-corrected chi connectivity index (χ1v) is 8.83. The number of nitrogen functional groups attached to an aromatic ring is 1. The Kier molecular flexibility index (Phi) is 3.88. The number of nitrogens with two attached hydrogens (primary N) is 1. The van der Waals surface area contributed by atoms with Crippen molar-refractivity contribution in [3.8, 4) is 0 Å². The number of aromatic nitrogens is 2. The van der Waals surface area contributed by atoms with Gasteiger partial charge in [0, 0.05) is 18.8 Å². The summed E-state index contributed by atoms with van der Waals surface area (Å²) in [6.45, 7) is 0. The zero-order valence-corrected chi connectivity index (χ0v) is 13.7. The van der Waals surface area contributed by atoms with Crippen molar-refractivity contribution in [1.82, 2.24) is 14.5 Å².